The van der Waals surface area contributed by atoms with Crippen LogP contribution in [-0.2, 0) is 0 Å². The molecule has 21 heavy (non-hydrogen) atoms. The molecule has 108 valence electrons. The third-order valence-corrected chi connectivity index (χ3v) is 3.83. The van der Waals surface area contributed by atoms with Crippen LogP contribution in [0, 0.1) is 0 Å². The molecule has 2 aromatic rings. The van der Waals surface area contributed by atoms with Gasteiger partial charge in [-0.1, -0.05) is 35.9 Å². The molecule has 1 aromatic carbocycles. The largest absolute Gasteiger partial charge is 0.477 e. The molecule has 1 aliphatic carbocycles. The Labute approximate surface area is 123 Å². The second kappa shape index (κ2) is 5.95. The van der Waals surface area contributed by atoms with E-state index in [1.807, 2.05) is 24.3 Å². The lowest BCUT2D eigenvalue weighted by molar-refractivity contribution is 0.0691. The van der Waals surface area contributed by atoms with Crippen LogP contribution in [0.25, 0.3) is 10.8 Å². The van der Waals surface area contributed by atoms with E-state index < -0.39 is 5.97 Å². The molecule has 0 atom stereocenters. The highest BCUT2D eigenvalue weighted by Crippen LogP contribution is 2.24. The van der Waals surface area contributed by atoms with Crippen LogP contribution in [0.2, 0.25) is 0 Å². The van der Waals surface area contributed by atoms with Gasteiger partial charge in [0.05, 0.1) is 0 Å². The van der Waals surface area contributed by atoms with E-state index in [4.69, 9.17) is 5.11 Å². The predicted octanol–water partition coefficient (Wildman–Crippen LogP) is 3.85. The normalized spacial score (nSPS) is 14.2. The first-order chi connectivity index (χ1) is 10.2. The van der Waals surface area contributed by atoms with Gasteiger partial charge in [0.2, 0.25) is 0 Å². The summed E-state index contributed by atoms with van der Waals surface area (Å²) in [6.45, 7) is 0.784. The van der Waals surface area contributed by atoms with Gasteiger partial charge in [-0.05, 0) is 37.1 Å². The third kappa shape index (κ3) is 3.05. The molecule has 0 saturated carbocycles. The predicted molar refractivity (Wildman–Crippen MR) is 83.7 cm³/mol. The monoisotopic (exact) mass is 282 g/mol. The molecule has 0 saturated heterocycles. The third-order valence-electron chi connectivity index (χ3n) is 3.83. The van der Waals surface area contributed by atoms with Crippen molar-refractivity contribution in [3.63, 3.8) is 0 Å². The van der Waals surface area contributed by atoms with Gasteiger partial charge in [-0.25, -0.2) is 9.78 Å². The van der Waals surface area contributed by atoms with E-state index in [1.54, 1.807) is 6.07 Å². The standard InChI is InChI=1S/C17H18N2O2/c20-17(21)15-11-13-7-3-4-8-14(13)16(19-15)18-10-9-12-5-1-2-6-12/h3-5,7-8,11H,1-2,6,9-10H2,(H,18,19)(H,20,21). The zero-order chi connectivity index (χ0) is 14.7. The minimum atomic E-state index is -0.998. The lowest BCUT2D eigenvalue weighted by atomic mass is 10.1. The lowest BCUT2D eigenvalue weighted by Gasteiger charge is -2.10. The van der Waals surface area contributed by atoms with Gasteiger partial charge in [0, 0.05) is 11.9 Å². The molecular formula is C17H18N2O2. The molecule has 1 aliphatic rings. The highest BCUT2D eigenvalue weighted by Gasteiger charge is 2.11. The van der Waals surface area contributed by atoms with Crippen LogP contribution in [0.4, 0.5) is 5.82 Å². The molecule has 0 radical (unpaired) electrons. The Morgan fingerprint density at radius 3 is 2.95 bits per heavy atom. The molecule has 0 fully saturated rings. The van der Waals surface area contributed by atoms with Crippen molar-refractivity contribution in [1.29, 1.82) is 0 Å². The molecule has 0 bridgehead atoms. The zero-order valence-corrected chi connectivity index (χ0v) is 11.8. The van der Waals surface area contributed by atoms with Crippen LogP contribution in [0.5, 0.6) is 0 Å². The van der Waals surface area contributed by atoms with Gasteiger partial charge >= 0.3 is 5.97 Å². The highest BCUT2D eigenvalue weighted by atomic mass is 16.4. The fourth-order valence-corrected chi connectivity index (χ4v) is 2.75. The Kier molecular flexibility index (Phi) is 3.86. The molecule has 0 amide bonds. The Bertz CT molecular complexity index is 707. The van der Waals surface area contributed by atoms with E-state index >= 15 is 0 Å². The number of hydrogen-bond acceptors (Lipinski definition) is 3. The van der Waals surface area contributed by atoms with Crippen molar-refractivity contribution >= 4 is 22.6 Å². The Morgan fingerprint density at radius 2 is 2.19 bits per heavy atom. The summed E-state index contributed by atoms with van der Waals surface area (Å²) in [4.78, 5) is 15.4. The second-order valence-electron chi connectivity index (χ2n) is 5.31. The van der Waals surface area contributed by atoms with Crippen LogP contribution < -0.4 is 5.32 Å². The molecule has 2 N–H and O–H groups in total. The average Bonchev–Trinajstić information content (AvgIpc) is 3.00. The number of allylic oxidation sites excluding steroid dienone is 1. The van der Waals surface area contributed by atoms with Gasteiger partial charge in [-0.2, -0.15) is 0 Å². The number of carbonyl (C=O) groups is 1. The Hall–Kier alpha value is -2.36. The summed E-state index contributed by atoms with van der Waals surface area (Å²) in [6, 6.07) is 9.33. The number of aromatic carboxylic acids is 1. The molecule has 1 aromatic heterocycles. The summed E-state index contributed by atoms with van der Waals surface area (Å²) >= 11 is 0. The first-order valence-electron chi connectivity index (χ1n) is 7.29. The fraction of sp³-hybridized carbons (Fsp3) is 0.294. The quantitative estimate of drug-likeness (QED) is 0.818. The van der Waals surface area contributed by atoms with E-state index in [0.717, 1.165) is 23.7 Å². The van der Waals surface area contributed by atoms with Crippen molar-refractivity contribution in [3.8, 4) is 0 Å². The zero-order valence-electron chi connectivity index (χ0n) is 11.8. The summed E-state index contributed by atoms with van der Waals surface area (Å²) in [5.74, 6) is -0.341. The molecule has 0 unspecified atom stereocenters. The maximum Gasteiger partial charge on any atom is 0.354 e. The number of aromatic nitrogens is 1. The summed E-state index contributed by atoms with van der Waals surface area (Å²) in [6.07, 6.45) is 6.93. The Balaban J connectivity index is 1.83. The molecule has 0 spiro atoms. The summed E-state index contributed by atoms with van der Waals surface area (Å²) in [5.41, 5.74) is 1.57. The molecule has 1 heterocycles. The van der Waals surface area contributed by atoms with Crippen molar-refractivity contribution in [2.75, 3.05) is 11.9 Å². The van der Waals surface area contributed by atoms with E-state index in [9.17, 15) is 4.79 Å². The molecule has 3 rings (SSSR count). The average molecular weight is 282 g/mol. The first-order valence-corrected chi connectivity index (χ1v) is 7.29. The number of anilines is 1. The van der Waals surface area contributed by atoms with Crippen molar-refractivity contribution in [2.45, 2.75) is 25.7 Å². The maximum absolute atomic E-state index is 11.2. The molecule has 4 heteroatoms. The van der Waals surface area contributed by atoms with Gasteiger partial charge in [-0.15, -0.1) is 0 Å². The number of rotatable bonds is 5. The number of fused-ring (bicyclic) bond motifs is 1. The van der Waals surface area contributed by atoms with Crippen molar-refractivity contribution in [1.82, 2.24) is 4.98 Å². The van der Waals surface area contributed by atoms with Crippen molar-refractivity contribution < 1.29 is 9.90 Å². The molecule has 4 nitrogen and oxygen atoms in total. The number of hydrogen-bond donors (Lipinski definition) is 2. The number of nitrogens with zero attached hydrogens (tertiary/aromatic N) is 1. The minimum Gasteiger partial charge on any atom is -0.477 e. The Morgan fingerprint density at radius 1 is 1.33 bits per heavy atom. The van der Waals surface area contributed by atoms with Crippen LogP contribution in [0.1, 0.15) is 36.2 Å². The second-order valence-corrected chi connectivity index (χ2v) is 5.31. The van der Waals surface area contributed by atoms with Crippen LogP contribution in [0.3, 0.4) is 0 Å². The van der Waals surface area contributed by atoms with E-state index in [1.165, 1.54) is 24.8 Å². The SMILES string of the molecule is O=C(O)c1cc2ccccc2c(NCCC2=CCCC2)n1. The van der Waals surface area contributed by atoms with Gasteiger partial charge in [0.25, 0.3) is 0 Å². The van der Waals surface area contributed by atoms with Gasteiger partial charge in [0.15, 0.2) is 5.69 Å². The molecule has 0 aliphatic heterocycles. The number of carboxylic acids is 1. The van der Waals surface area contributed by atoms with Crippen molar-refractivity contribution in [3.05, 3.63) is 47.7 Å². The van der Waals surface area contributed by atoms with Crippen LogP contribution in [-0.4, -0.2) is 22.6 Å². The number of benzene rings is 1. The topological polar surface area (TPSA) is 62.2 Å². The van der Waals surface area contributed by atoms with Crippen LogP contribution >= 0.6 is 0 Å². The summed E-state index contributed by atoms with van der Waals surface area (Å²) in [7, 11) is 0. The minimum absolute atomic E-state index is 0.0799. The van der Waals surface area contributed by atoms with Crippen LogP contribution in [0.15, 0.2) is 42.0 Å². The maximum atomic E-state index is 11.2. The van der Waals surface area contributed by atoms with Gasteiger partial charge in [-0.3, -0.25) is 0 Å². The number of nitrogens with one attached hydrogen (secondary N) is 1. The first kappa shape index (κ1) is 13.6. The summed E-state index contributed by atoms with van der Waals surface area (Å²) in [5, 5.41) is 14.3. The van der Waals surface area contributed by atoms with Gasteiger partial charge < -0.3 is 10.4 Å². The van der Waals surface area contributed by atoms with E-state index in [0.29, 0.717) is 5.82 Å². The molecular weight excluding hydrogens is 264 g/mol. The smallest absolute Gasteiger partial charge is 0.354 e. The fourth-order valence-electron chi connectivity index (χ4n) is 2.75. The number of carboxylic acid groups (broad SMARTS) is 1. The number of pyridine rings is 1. The van der Waals surface area contributed by atoms with E-state index in [2.05, 4.69) is 16.4 Å². The lowest BCUT2D eigenvalue weighted by Crippen LogP contribution is -2.08. The van der Waals surface area contributed by atoms with E-state index in [-0.39, 0.29) is 5.69 Å². The van der Waals surface area contributed by atoms with Crippen molar-refractivity contribution in [2.24, 2.45) is 0 Å². The highest BCUT2D eigenvalue weighted by molar-refractivity contribution is 5.97. The summed E-state index contributed by atoms with van der Waals surface area (Å²) < 4.78 is 0. The van der Waals surface area contributed by atoms with Gasteiger partial charge in [0.1, 0.15) is 5.82 Å².